The van der Waals surface area contributed by atoms with Gasteiger partial charge in [-0.1, -0.05) is 19.1 Å². The molecule has 0 atom stereocenters. The van der Waals surface area contributed by atoms with Crippen LogP contribution in [0.1, 0.15) is 24.9 Å². The summed E-state index contributed by atoms with van der Waals surface area (Å²) >= 11 is 1.48. The fraction of sp³-hybridized carbons (Fsp3) is 0.286. The van der Waals surface area contributed by atoms with Gasteiger partial charge in [0.15, 0.2) is 5.13 Å². The van der Waals surface area contributed by atoms with E-state index in [0.717, 1.165) is 41.9 Å². The highest BCUT2D eigenvalue weighted by Crippen LogP contribution is 2.20. The molecule has 2 aromatic heterocycles. The maximum Gasteiger partial charge on any atom is 0.180 e. The van der Waals surface area contributed by atoms with E-state index in [9.17, 15) is 0 Å². The third-order valence-electron chi connectivity index (χ3n) is 3.10. The number of benzene rings is 1. The van der Waals surface area contributed by atoms with Gasteiger partial charge in [0.2, 0.25) is 0 Å². The number of fused-ring (bicyclic) bond motifs is 1. The summed E-state index contributed by atoms with van der Waals surface area (Å²) in [6.45, 7) is 2.91. The van der Waals surface area contributed by atoms with E-state index in [4.69, 9.17) is 10.7 Å². The number of nitrogens with two attached hydrogens (primary N) is 1. The van der Waals surface area contributed by atoms with Crippen molar-refractivity contribution in [3.05, 3.63) is 41.2 Å². The number of aryl methyl sites for hydroxylation is 1. The van der Waals surface area contributed by atoms with E-state index in [2.05, 4.69) is 28.6 Å². The van der Waals surface area contributed by atoms with Crippen LogP contribution in [-0.4, -0.2) is 14.5 Å². The molecule has 2 N–H and O–H groups in total. The van der Waals surface area contributed by atoms with E-state index in [1.165, 1.54) is 11.3 Å². The van der Waals surface area contributed by atoms with Gasteiger partial charge in [0.1, 0.15) is 5.82 Å². The molecule has 5 heteroatoms. The molecule has 98 valence electrons. The Balaban J connectivity index is 2.06. The highest BCUT2D eigenvalue weighted by atomic mass is 32.1. The Kier molecular flexibility index (Phi) is 3.21. The Labute approximate surface area is 115 Å². The Morgan fingerprint density at radius 3 is 2.84 bits per heavy atom. The summed E-state index contributed by atoms with van der Waals surface area (Å²) < 4.78 is 2.24. The molecule has 0 radical (unpaired) electrons. The van der Waals surface area contributed by atoms with Crippen molar-refractivity contribution in [1.82, 2.24) is 14.5 Å². The minimum absolute atomic E-state index is 0.622. The van der Waals surface area contributed by atoms with Crippen molar-refractivity contribution >= 4 is 27.5 Å². The van der Waals surface area contributed by atoms with Crippen molar-refractivity contribution in [2.24, 2.45) is 0 Å². The topological polar surface area (TPSA) is 56.7 Å². The van der Waals surface area contributed by atoms with Crippen LogP contribution >= 0.6 is 11.3 Å². The molecule has 3 aromatic rings. The largest absolute Gasteiger partial charge is 0.375 e. The van der Waals surface area contributed by atoms with Crippen LogP contribution in [0.3, 0.4) is 0 Å². The van der Waals surface area contributed by atoms with Crippen LogP contribution in [-0.2, 0) is 13.0 Å². The zero-order valence-electron chi connectivity index (χ0n) is 10.8. The molecule has 0 spiro atoms. The van der Waals surface area contributed by atoms with E-state index < -0.39 is 0 Å². The molecule has 0 unspecified atom stereocenters. The lowest BCUT2D eigenvalue weighted by Crippen LogP contribution is -2.05. The van der Waals surface area contributed by atoms with E-state index in [1.807, 2.05) is 17.5 Å². The molecule has 1 aromatic carbocycles. The zero-order chi connectivity index (χ0) is 13.2. The third kappa shape index (κ3) is 2.33. The number of hydrogen-bond donors (Lipinski definition) is 1. The fourth-order valence-corrected chi connectivity index (χ4v) is 2.83. The van der Waals surface area contributed by atoms with Crippen LogP contribution in [0.25, 0.3) is 11.0 Å². The molecule has 2 heterocycles. The summed E-state index contributed by atoms with van der Waals surface area (Å²) in [4.78, 5) is 9.05. The van der Waals surface area contributed by atoms with E-state index in [1.54, 1.807) is 0 Å². The minimum Gasteiger partial charge on any atom is -0.375 e. The zero-order valence-corrected chi connectivity index (χ0v) is 11.7. The Morgan fingerprint density at radius 1 is 1.26 bits per heavy atom. The molecular formula is C14H16N4S. The Bertz CT molecular complexity index is 698. The van der Waals surface area contributed by atoms with Gasteiger partial charge in [-0.3, -0.25) is 0 Å². The summed E-state index contributed by atoms with van der Waals surface area (Å²) in [5.74, 6) is 1.12. The highest BCUT2D eigenvalue weighted by molar-refractivity contribution is 7.13. The number of anilines is 1. The van der Waals surface area contributed by atoms with E-state index in [0.29, 0.717) is 5.13 Å². The second-order valence-electron chi connectivity index (χ2n) is 4.53. The van der Waals surface area contributed by atoms with Crippen LogP contribution in [0.4, 0.5) is 5.13 Å². The second-order valence-corrected chi connectivity index (χ2v) is 5.42. The van der Waals surface area contributed by atoms with Crippen LogP contribution < -0.4 is 5.73 Å². The molecule has 0 aliphatic carbocycles. The van der Waals surface area contributed by atoms with Gasteiger partial charge in [0.25, 0.3) is 0 Å². The summed E-state index contributed by atoms with van der Waals surface area (Å²) in [7, 11) is 0. The van der Waals surface area contributed by atoms with Gasteiger partial charge in [0.05, 0.1) is 23.3 Å². The summed E-state index contributed by atoms with van der Waals surface area (Å²) in [6, 6.07) is 8.24. The summed E-state index contributed by atoms with van der Waals surface area (Å²) in [6.07, 6.45) is 2.07. The van der Waals surface area contributed by atoms with Gasteiger partial charge in [-0.05, 0) is 18.6 Å². The molecule has 0 bridgehead atoms. The monoisotopic (exact) mass is 272 g/mol. The molecule has 0 saturated heterocycles. The molecule has 3 rings (SSSR count). The van der Waals surface area contributed by atoms with Crippen LogP contribution in [0.2, 0.25) is 0 Å². The quantitative estimate of drug-likeness (QED) is 0.794. The van der Waals surface area contributed by atoms with Gasteiger partial charge >= 0.3 is 0 Å². The predicted octanol–water partition coefficient (Wildman–Crippen LogP) is 3.08. The maximum absolute atomic E-state index is 5.70. The number of rotatable bonds is 4. The van der Waals surface area contributed by atoms with Crippen molar-refractivity contribution < 1.29 is 0 Å². The molecule has 0 amide bonds. The first-order valence-corrected chi connectivity index (χ1v) is 7.30. The first kappa shape index (κ1) is 12.2. The van der Waals surface area contributed by atoms with Crippen molar-refractivity contribution in [2.45, 2.75) is 26.3 Å². The number of para-hydroxylation sites is 2. The van der Waals surface area contributed by atoms with Crippen molar-refractivity contribution in [3.63, 3.8) is 0 Å². The molecule has 4 nitrogen and oxygen atoms in total. The van der Waals surface area contributed by atoms with Crippen molar-refractivity contribution in [3.8, 4) is 0 Å². The molecule has 19 heavy (non-hydrogen) atoms. The number of nitrogens with zero attached hydrogens (tertiary/aromatic N) is 3. The number of imidazole rings is 1. The van der Waals surface area contributed by atoms with Gasteiger partial charge in [-0.15, -0.1) is 11.3 Å². The van der Waals surface area contributed by atoms with Crippen LogP contribution in [0.5, 0.6) is 0 Å². The summed E-state index contributed by atoms with van der Waals surface area (Å²) in [5.41, 5.74) is 8.92. The molecular weight excluding hydrogens is 256 g/mol. The number of hydrogen-bond acceptors (Lipinski definition) is 4. The number of aromatic nitrogens is 3. The average Bonchev–Trinajstić information content (AvgIpc) is 2.96. The van der Waals surface area contributed by atoms with Gasteiger partial charge < -0.3 is 10.3 Å². The second kappa shape index (κ2) is 5.01. The molecule has 0 saturated carbocycles. The standard InChI is InChI=1S/C14H16N4S/c1-2-5-13-17-11-6-3-4-7-12(11)18(13)8-10-9-19-14(15)16-10/h3-4,6-7,9H,2,5,8H2,1H3,(H2,15,16). The van der Waals surface area contributed by atoms with E-state index >= 15 is 0 Å². The lowest BCUT2D eigenvalue weighted by molar-refractivity contribution is 0.713. The normalized spacial score (nSPS) is 11.2. The van der Waals surface area contributed by atoms with Gasteiger partial charge in [-0.25, -0.2) is 9.97 Å². The van der Waals surface area contributed by atoms with Gasteiger partial charge in [-0.2, -0.15) is 0 Å². The van der Waals surface area contributed by atoms with Crippen LogP contribution in [0, 0.1) is 0 Å². The molecule has 0 aliphatic rings. The summed E-state index contributed by atoms with van der Waals surface area (Å²) in [5, 5.41) is 2.64. The number of thiazole rings is 1. The number of nitrogen functional groups attached to an aromatic ring is 1. The smallest absolute Gasteiger partial charge is 0.180 e. The van der Waals surface area contributed by atoms with Crippen LogP contribution in [0.15, 0.2) is 29.6 Å². The van der Waals surface area contributed by atoms with Crippen molar-refractivity contribution in [2.75, 3.05) is 5.73 Å². The Hall–Kier alpha value is -1.88. The lowest BCUT2D eigenvalue weighted by atomic mass is 10.3. The molecule has 0 fully saturated rings. The van der Waals surface area contributed by atoms with Crippen molar-refractivity contribution in [1.29, 1.82) is 0 Å². The molecule has 0 aliphatic heterocycles. The van der Waals surface area contributed by atoms with Gasteiger partial charge in [0, 0.05) is 11.8 Å². The maximum atomic E-state index is 5.70. The Morgan fingerprint density at radius 2 is 2.11 bits per heavy atom. The first-order valence-electron chi connectivity index (χ1n) is 6.42. The predicted molar refractivity (Wildman–Crippen MR) is 79.4 cm³/mol. The lowest BCUT2D eigenvalue weighted by Gasteiger charge is -2.06. The fourth-order valence-electron chi connectivity index (χ4n) is 2.27. The minimum atomic E-state index is 0.622. The SMILES string of the molecule is CCCc1nc2ccccc2n1Cc1csc(N)n1. The first-order chi connectivity index (χ1) is 9.28. The average molecular weight is 272 g/mol. The highest BCUT2D eigenvalue weighted by Gasteiger charge is 2.11. The third-order valence-corrected chi connectivity index (χ3v) is 3.82. The van der Waals surface area contributed by atoms with E-state index in [-0.39, 0.29) is 0 Å².